The lowest BCUT2D eigenvalue weighted by Crippen LogP contribution is -2.31. The van der Waals surface area contributed by atoms with Crippen LogP contribution in [0.15, 0.2) is 30.3 Å². The van der Waals surface area contributed by atoms with Crippen molar-refractivity contribution < 1.29 is 18.0 Å². The average molecular weight is 311 g/mol. The van der Waals surface area contributed by atoms with E-state index in [-0.39, 0.29) is 18.0 Å². The lowest BCUT2D eigenvalue weighted by atomic mass is 9.95. The molecule has 114 valence electrons. The number of hydrogen-bond donors (Lipinski definition) is 2. The van der Waals surface area contributed by atoms with Gasteiger partial charge in [-0.25, -0.2) is 0 Å². The minimum Gasteiger partial charge on any atom is -0.356 e. The van der Waals surface area contributed by atoms with E-state index in [1.165, 1.54) is 24.3 Å². The van der Waals surface area contributed by atoms with Gasteiger partial charge < -0.3 is 11.1 Å². The maximum Gasteiger partial charge on any atom is 0.396 e. The molecule has 3 nitrogen and oxygen atoms in total. The summed E-state index contributed by atoms with van der Waals surface area (Å²) in [6.07, 6.45) is -4.49. The Balaban J connectivity index is 0.00000361. The largest absolute Gasteiger partial charge is 0.396 e. The van der Waals surface area contributed by atoms with Crippen molar-refractivity contribution in [3.8, 4) is 0 Å². The lowest BCUT2D eigenvalue weighted by molar-refractivity contribution is -0.157. The molecule has 1 atom stereocenters. The lowest BCUT2D eigenvalue weighted by Gasteiger charge is -2.20. The Hall–Kier alpha value is -1.27. The van der Waals surface area contributed by atoms with Gasteiger partial charge in [-0.3, -0.25) is 4.79 Å². The predicted molar refractivity (Wildman–Crippen MR) is 73.8 cm³/mol. The van der Waals surface area contributed by atoms with Gasteiger partial charge in [0, 0.05) is 13.0 Å². The average Bonchev–Trinajstić information content (AvgIpc) is 2.36. The fraction of sp³-hybridized carbons (Fsp3) is 0.462. The zero-order valence-corrected chi connectivity index (χ0v) is 11.6. The van der Waals surface area contributed by atoms with Gasteiger partial charge >= 0.3 is 6.18 Å². The minimum atomic E-state index is -4.44. The van der Waals surface area contributed by atoms with Crippen LogP contribution in [0.1, 0.15) is 24.3 Å². The Morgan fingerprint density at radius 1 is 1.25 bits per heavy atom. The van der Waals surface area contributed by atoms with E-state index in [2.05, 4.69) is 5.32 Å². The highest BCUT2D eigenvalue weighted by molar-refractivity contribution is 5.85. The van der Waals surface area contributed by atoms with Crippen molar-refractivity contribution in [2.24, 2.45) is 5.73 Å². The topological polar surface area (TPSA) is 55.1 Å². The van der Waals surface area contributed by atoms with E-state index >= 15 is 0 Å². The number of alkyl halides is 3. The summed E-state index contributed by atoms with van der Waals surface area (Å²) < 4.78 is 38.9. The van der Waals surface area contributed by atoms with Crippen LogP contribution in [-0.4, -0.2) is 25.2 Å². The van der Waals surface area contributed by atoms with Gasteiger partial charge in [-0.15, -0.1) is 12.4 Å². The molecule has 0 heterocycles. The summed E-state index contributed by atoms with van der Waals surface area (Å²) >= 11 is 0. The molecule has 0 spiro atoms. The molecule has 0 aliphatic carbocycles. The van der Waals surface area contributed by atoms with Crippen LogP contribution in [0.4, 0.5) is 13.2 Å². The normalized spacial score (nSPS) is 12.4. The first-order chi connectivity index (χ1) is 8.95. The van der Waals surface area contributed by atoms with Crippen LogP contribution in [0.25, 0.3) is 0 Å². The van der Waals surface area contributed by atoms with Crippen molar-refractivity contribution in [1.29, 1.82) is 0 Å². The molecule has 0 aliphatic heterocycles. The van der Waals surface area contributed by atoms with Crippen LogP contribution in [0.3, 0.4) is 0 Å². The van der Waals surface area contributed by atoms with Gasteiger partial charge in [0.25, 0.3) is 0 Å². The van der Waals surface area contributed by atoms with Crippen molar-refractivity contribution >= 4 is 18.3 Å². The second kappa shape index (κ2) is 8.81. The number of nitrogens with one attached hydrogen (secondary N) is 1. The monoisotopic (exact) mass is 310 g/mol. The van der Waals surface area contributed by atoms with E-state index in [0.717, 1.165) is 0 Å². The highest BCUT2D eigenvalue weighted by Crippen LogP contribution is 2.37. The third kappa shape index (κ3) is 6.25. The van der Waals surface area contributed by atoms with Gasteiger partial charge in [-0.2, -0.15) is 13.2 Å². The SMILES string of the molecule is Cl.NCCCNC(=O)CC(c1ccccc1)C(F)(F)F. The molecule has 0 bridgehead atoms. The molecule has 0 aliphatic rings. The highest BCUT2D eigenvalue weighted by atomic mass is 35.5. The molecular formula is C13H18ClF3N2O. The summed E-state index contributed by atoms with van der Waals surface area (Å²) in [5.41, 5.74) is 5.35. The fourth-order valence-electron chi connectivity index (χ4n) is 1.70. The molecule has 0 radical (unpaired) electrons. The molecule has 1 aromatic carbocycles. The van der Waals surface area contributed by atoms with Crippen LogP contribution in [-0.2, 0) is 4.79 Å². The molecule has 1 aromatic rings. The number of benzene rings is 1. The van der Waals surface area contributed by atoms with Gasteiger partial charge in [0.05, 0.1) is 5.92 Å². The van der Waals surface area contributed by atoms with Crippen LogP contribution >= 0.6 is 12.4 Å². The van der Waals surface area contributed by atoms with Crippen molar-refractivity contribution in [1.82, 2.24) is 5.32 Å². The third-order valence-electron chi connectivity index (χ3n) is 2.69. The number of amides is 1. The summed E-state index contributed by atoms with van der Waals surface area (Å²) in [6, 6.07) is 7.45. The summed E-state index contributed by atoms with van der Waals surface area (Å²) in [7, 11) is 0. The number of rotatable bonds is 6. The molecule has 20 heavy (non-hydrogen) atoms. The molecule has 7 heteroatoms. The van der Waals surface area contributed by atoms with Crippen LogP contribution < -0.4 is 11.1 Å². The molecule has 0 saturated carbocycles. The first-order valence-corrected chi connectivity index (χ1v) is 6.03. The van der Waals surface area contributed by atoms with Gasteiger partial charge in [-0.1, -0.05) is 30.3 Å². The standard InChI is InChI=1S/C13H17F3N2O.ClH/c14-13(15,16)11(10-5-2-1-3-6-10)9-12(19)18-8-4-7-17;/h1-3,5-6,11H,4,7-9,17H2,(H,18,19);1H. The molecule has 0 saturated heterocycles. The summed E-state index contributed by atoms with van der Waals surface area (Å²) in [5, 5.41) is 2.44. The zero-order chi connectivity index (χ0) is 14.3. The smallest absolute Gasteiger partial charge is 0.356 e. The van der Waals surface area contributed by atoms with E-state index < -0.39 is 24.4 Å². The second-order valence-corrected chi connectivity index (χ2v) is 4.20. The number of carbonyl (C=O) groups is 1. The summed E-state index contributed by atoms with van der Waals surface area (Å²) in [5.74, 6) is -2.38. The fourth-order valence-corrected chi connectivity index (χ4v) is 1.70. The Morgan fingerprint density at radius 2 is 1.85 bits per heavy atom. The van der Waals surface area contributed by atoms with Crippen molar-refractivity contribution in [3.63, 3.8) is 0 Å². The van der Waals surface area contributed by atoms with E-state index in [9.17, 15) is 18.0 Å². The molecule has 1 unspecified atom stereocenters. The molecule has 1 amide bonds. The Labute approximate surface area is 122 Å². The Kier molecular flexibility index (Phi) is 8.25. The van der Waals surface area contributed by atoms with E-state index in [0.29, 0.717) is 19.5 Å². The molecule has 3 N–H and O–H groups in total. The predicted octanol–water partition coefficient (Wildman–Crippen LogP) is 2.61. The summed E-state index contributed by atoms with van der Waals surface area (Å²) in [6.45, 7) is 0.691. The van der Waals surface area contributed by atoms with Crippen LogP contribution in [0.2, 0.25) is 0 Å². The number of carbonyl (C=O) groups excluding carboxylic acids is 1. The minimum absolute atomic E-state index is 0. The maximum absolute atomic E-state index is 13.0. The maximum atomic E-state index is 13.0. The van der Waals surface area contributed by atoms with Gasteiger partial charge in [0.1, 0.15) is 0 Å². The molecule has 1 rings (SSSR count). The zero-order valence-electron chi connectivity index (χ0n) is 10.8. The van der Waals surface area contributed by atoms with E-state index in [1.54, 1.807) is 6.07 Å². The van der Waals surface area contributed by atoms with Crippen molar-refractivity contribution in [2.45, 2.75) is 24.9 Å². The Morgan fingerprint density at radius 3 is 2.35 bits per heavy atom. The van der Waals surface area contributed by atoms with Crippen molar-refractivity contribution in [2.75, 3.05) is 13.1 Å². The molecule has 0 fully saturated rings. The van der Waals surface area contributed by atoms with Gasteiger partial charge in [0.2, 0.25) is 5.91 Å². The number of nitrogens with two attached hydrogens (primary N) is 1. The number of hydrogen-bond acceptors (Lipinski definition) is 2. The van der Waals surface area contributed by atoms with E-state index in [4.69, 9.17) is 5.73 Å². The van der Waals surface area contributed by atoms with Crippen LogP contribution in [0.5, 0.6) is 0 Å². The molecule has 0 aromatic heterocycles. The first-order valence-electron chi connectivity index (χ1n) is 6.03. The number of halogens is 4. The Bertz CT molecular complexity index is 398. The van der Waals surface area contributed by atoms with Gasteiger partial charge in [-0.05, 0) is 18.5 Å². The second-order valence-electron chi connectivity index (χ2n) is 4.20. The summed E-state index contributed by atoms with van der Waals surface area (Å²) in [4.78, 5) is 11.5. The van der Waals surface area contributed by atoms with Gasteiger partial charge in [0.15, 0.2) is 0 Å². The highest BCUT2D eigenvalue weighted by Gasteiger charge is 2.41. The van der Waals surface area contributed by atoms with Crippen molar-refractivity contribution in [3.05, 3.63) is 35.9 Å². The van der Waals surface area contributed by atoms with E-state index in [1.807, 2.05) is 0 Å². The first kappa shape index (κ1) is 18.7. The van der Waals surface area contributed by atoms with Crippen LogP contribution in [0, 0.1) is 0 Å². The quantitative estimate of drug-likeness (QED) is 0.794. The molecular weight excluding hydrogens is 293 g/mol. The third-order valence-corrected chi connectivity index (χ3v) is 2.69.